The van der Waals surface area contributed by atoms with Gasteiger partial charge in [-0.15, -0.1) is 11.3 Å². The first-order valence-corrected chi connectivity index (χ1v) is 6.34. The van der Waals surface area contributed by atoms with Gasteiger partial charge < -0.3 is 0 Å². The second-order valence-corrected chi connectivity index (χ2v) is 4.94. The third-order valence-electron chi connectivity index (χ3n) is 2.33. The van der Waals surface area contributed by atoms with Gasteiger partial charge in [-0.3, -0.25) is 0 Å². The Kier molecular flexibility index (Phi) is 3.21. The van der Waals surface area contributed by atoms with Gasteiger partial charge in [-0.05, 0) is 12.8 Å². The summed E-state index contributed by atoms with van der Waals surface area (Å²) < 4.78 is 0. The van der Waals surface area contributed by atoms with Crippen molar-refractivity contribution in [1.82, 2.24) is 15.0 Å². The average Bonchev–Trinajstić information content (AvgIpc) is 2.67. The third kappa shape index (κ3) is 2.08. The summed E-state index contributed by atoms with van der Waals surface area (Å²) in [5, 5.41) is 2.45. The summed E-state index contributed by atoms with van der Waals surface area (Å²) in [4.78, 5) is 12.9. The van der Waals surface area contributed by atoms with Crippen molar-refractivity contribution in [3.63, 3.8) is 0 Å². The number of thiazole rings is 1. The fourth-order valence-corrected chi connectivity index (χ4v) is 2.61. The van der Waals surface area contributed by atoms with Crippen molar-refractivity contribution in [2.75, 3.05) is 0 Å². The van der Waals surface area contributed by atoms with E-state index in [-0.39, 0.29) is 0 Å². The zero-order valence-corrected chi connectivity index (χ0v) is 10.9. The van der Waals surface area contributed by atoms with Crippen molar-refractivity contribution >= 4 is 22.9 Å². The molecule has 0 aliphatic rings. The van der Waals surface area contributed by atoms with Crippen molar-refractivity contribution in [3.05, 3.63) is 27.3 Å². The van der Waals surface area contributed by atoms with E-state index in [4.69, 9.17) is 11.6 Å². The first-order chi connectivity index (χ1) is 7.59. The van der Waals surface area contributed by atoms with Crippen LogP contribution in [0.2, 0.25) is 5.15 Å². The van der Waals surface area contributed by atoms with E-state index in [1.807, 2.05) is 12.3 Å². The Balaban J connectivity index is 2.53. The van der Waals surface area contributed by atoms with E-state index < -0.39 is 0 Å². The lowest BCUT2D eigenvalue weighted by Gasteiger charge is -2.11. The molecule has 2 rings (SSSR count). The minimum absolute atomic E-state index is 0.331. The van der Waals surface area contributed by atoms with Crippen molar-refractivity contribution < 1.29 is 0 Å². The van der Waals surface area contributed by atoms with Crippen molar-refractivity contribution in [2.24, 2.45) is 0 Å². The molecular formula is C11H12ClN3S. The highest BCUT2D eigenvalue weighted by Crippen LogP contribution is 2.27. The maximum Gasteiger partial charge on any atom is 0.180 e. The van der Waals surface area contributed by atoms with E-state index in [1.165, 1.54) is 11.3 Å². The number of hydrogen-bond acceptors (Lipinski definition) is 4. The molecule has 2 aromatic heterocycles. The lowest BCUT2D eigenvalue weighted by Crippen LogP contribution is -2.01. The van der Waals surface area contributed by atoms with E-state index in [0.29, 0.717) is 16.9 Å². The quantitative estimate of drug-likeness (QED) is 0.767. The van der Waals surface area contributed by atoms with Gasteiger partial charge in [0.2, 0.25) is 0 Å². The van der Waals surface area contributed by atoms with Crippen LogP contribution in [0.4, 0.5) is 0 Å². The molecule has 0 atom stereocenters. The maximum atomic E-state index is 6.17. The SMILES string of the molecule is Cc1nc(-c2cscn2)nc(Cl)c1C(C)C. The zero-order chi connectivity index (χ0) is 11.7. The average molecular weight is 254 g/mol. The van der Waals surface area contributed by atoms with Crippen LogP contribution in [0.15, 0.2) is 10.9 Å². The van der Waals surface area contributed by atoms with Gasteiger partial charge in [0.1, 0.15) is 10.8 Å². The molecule has 0 spiro atoms. The fraction of sp³-hybridized carbons (Fsp3) is 0.364. The van der Waals surface area contributed by atoms with Crippen LogP contribution in [0, 0.1) is 6.92 Å². The second-order valence-electron chi connectivity index (χ2n) is 3.87. The summed E-state index contributed by atoms with van der Waals surface area (Å²) in [6.45, 7) is 6.12. The van der Waals surface area contributed by atoms with Crippen LogP contribution < -0.4 is 0 Å². The number of aryl methyl sites for hydroxylation is 1. The lowest BCUT2D eigenvalue weighted by atomic mass is 10.0. The second kappa shape index (κ2) is 4.47. The van der Waals surface area contributed by atoms with E-state index >= 15 is 0 Å². The third-order valence-corrected chi connectivity index (χ3v) is 3.20. The number of nitrogens with zero attached hydrogens (tertiary/aromatic N) is 3. The summed E-state index contributed by atoms with van der Waals surface area (Å²) >= 11 is 7.69. The van der Waals surface area contributed by atoms with Crippen LogP contribution >= 0.6 is 22.9 Å². The molecule has 0 fully saturated rings. The molecule has 0 N–H and O–H groups in total. The summed E-state index contributed by atoms with van der Waals surface area (Å²) in [7, 11) is 0. The minimum Gasteiger partial charge on any atom is -0.241 e. The Labute approximate surface area is 104 Å². The molecule has 0 aromatic carbocycles. The van der Waals surface area contributed by atoms with Gasteiger partial charge in [-0.2, -0.15) is 0 Å². The summed E-state index contributed by atoms with van der Waals surface area (Å²) in [6.07, 6.45) is 0. The predicted octanol–water partition coefficient (Wildman–Crippen LogP) is 3.69. The number of halogens is 1. The highest BCUT2D eigenvalue weighted by Gasteiger charge is 2.14. The topological polar surface area (TPSA) is 38.7 Å². The van der Waals surface area contributed by atoms with Crippen LogP contribution in [0.5, 0.6) is 0 Å². The Morgan fingerprint density at radius 3 is 2.56 bits per heavy atom. The first-order valence-electron chi connectivity index (χ1n) is 5.02. The largest absolute Gasteiger partial charge is 0.241 e. The molecular weight excluding hydrogens is 242 g/mol. The van der Waals surface area contributed by atoms with Crippen LogP contribution in [0.1, 0.15) is 31.0 Å². The van der Waals surface area contributed by atoms with E-state index in [1.54, 1.807) is 5.51 Å². The molecule has 2 heterocycles. The van der Waals surface area contributed by atoms with Crippen LogP contribution in [0.3, 0.4) is 0 Å². The van der Waals surface area contributed by atoms with Crippen LogP contribution in [-0.2, 0) is 0 Å². The Hall–Kier alpha value is -1.00. The summed E-state index contributed by atoms with van der Waals surface area (Å²) in [5.41, 5.74) is 4.49. The van der Waals surface area contributed by atoms with Gasteiger partial charge >= 0.3 is 0 Å². The normalized spacial score (nSPS) is 11.1. The molecule has 0 bridgehead atoms. The van der Waals surface area contributed by atoms with E-state index in [9.17, 15) is 0 Å². The van der Waals surface area contributed by atoms with Gasteiger partial charge in [-0.25, -0.2) is 15.0 Å². The molecule has 0 amide bonds. The molecule has 3 nitrogen and oxygen atoms in total. The molecule has 2 aromatic rings. The molecule has 84 valence electrons. The molecule has 0 unspecified atom stereocenters. The number of aromatic nitrogens is 3. The maximum absolute atomic E-state index is 6.17. The monoisotopic (exact) mass is 253 g/mol. The van der Waals surface area contributed by atoms with Gasteiger partial charge in [0, 0.05) is 16.6 Å². The van der Waals surface area contributed by atoms with Crippen molar-refractivity contribution in [1.29, 1.82) is 0 Å². The zero-order valence-electron chi connectivity index (χ0n) is 9.36. The summed E-state index contributed by atoms with van der Waals surface area (Å²) in [5.74, 6) is 0.935. The van der Waals surface area contributed by atoms with E-state index in [0.717, 1.165) is 17.0 Å². The Bertz CT molecular complexity index is 471. The smallest absolute Gasteiger partial charge is 0.180 e. The first kappa shape index (κ1) is 11.5. The summed E-state index contributed by atoms with van der Waals surface area (Å²) in [6, 6.07) is 0. The minimum atomic E-state index is 0.331. The molecule has 16 heavy (non-hydrogen) atoms. The lowest BCUT2D eigenvalue weighted by molar-refractivity contribution is 0.830. The molecule has 0 aliphatic carbocycles. The van der Waals surface area contributed by atoms with Gasteiger partial charge in [0.15, 0.2) is 5.82 Å². The highest BCUT2D eigenvalue weighted by molar-refractivity contribution is 7.07. The highest BCUT2D eigenvalue weighted by atomic mass is 35.5. The van der Waals surface area contributed by atoms with Gasteiger partial charge in [-0.1, -0.05) is 25.4 Å². The van der Waals surface area contributed by atoms with E-state index in [2.05, 4.69) is 28.8 Å². The molecule has 0 saturated carbocycles. The van der Waals surface area contributed by atoms with Crippen molar-refractivity contribution in [2.45, 2.75) is 26.7 Å². The van der Waals surface area contributed by atoms with Crippen molar-refractivity contribution in [3.8, 4) is 11.5 Å². The van der Waals surface area contributed by atoms with Crippen LogP contribution in [-0.4, -0.2) is 15.0 Å². The van der Waals surface area contributed by atoms with Gasteiger partial charge in [0.05, 0.1) is 5.51 Å². The van der Waals surface area contributed by atoms with Crippen LogP contribution in [0.25, 0.3) is 11.5 Å². The molecule has 0 aliphatic heterocycles. The molecule has 0 radical (unpaired) electrons. The van der Waals surface area contributed by atoms with Gasteiger partial charge in [0.25, 0.3) is 0 Å². The molecule has 0 saturated heterocycles. The number of rotatable bonds is 2. The predicted molar refractivity (Wildman–Crippen MR) is 67.0 cm³/mol. The standard InChI is InChI=1S/C11H12ClN3S/c1-6(2)9-7(3)14-11(15-10(9)12)8-4-16-5-13-8/h4-6H,1-3H3. The Morgan fingerprint density at radius 2 is 2.06 bits per heavy atom. The molecule has 5 heteroatoms. The number of hydrogen-bond donors (Lipinski definition) is 0. The fourth-order valence-electron chi connectivity index (χ4n) is 1.64. The Morgan fingerprint density at radius 1 is 1.31 bits per heavy atom.